The molecule has 0 amide bonds. The van der Waals surface area contributed by atoms with E-state index in [0.717, 1.165) is 5.56 Å². The Balaban J connectivity index is 2.30. The molecule has 3 aromatic rings. The standard InChI is InChI=1S/C12H8N4O/c17-12-9-7-14-5-3-10(9)15-11(16-12)8-2-1-4-13-6-8/h1-7H,(H,15,16,17). The maximum absolute atomic E-state index is 11.8. The van der Waals surface area contributed by atoms with E-state index in [0.29, 0.717) is 16.7 Å². The van der Waals surface area contributed by atoms with Gasteiger partial charge in [0.2, 0.25) is 0 Å². The summed E-state index contributed by atoms with van der Waals surface area (Å²) >= 11 is 0. The fraction of sp³-hybridized carbons (Fsp3) is 0. The van der Waals surface area contributed by atoms with E-state index in [4.69, 9.17) is 0 Å². The molecule has 1 N–H and O–H groups in total. The van der Waals surface area contributed by atoms with Crippen LogP contribution in [0.4, 0.5) is 0 Å². The lowest BCUT2D eigenvalue weighted by atomic mass is 10.2. The van der Waals surface area contributed by atoms with Gasteiger partial charge >= 0.3 is 0 Å². The normalized spacial score (nSPS) is 10.6. The molecule has 0 saturated heterocycles. The van der Waals surface area contributed by atoms with Crippen LogP contribution in [0.25, 0.3) is 22.3 Å². The summed E-state index contributed by atoms with van der Waals surface area (Å²) in [6.45, 7) is 0. The van der Waals surface area contributed by atoms with Crippen LogP contribution in [0, 0.1) is 0 Å². The summed E-state index contributed by atoms with van der Waals surface area (Å²) in [5.41, 5.74) is 1.22. The Morgan fingerprint density at radius 2 is 1.94 bits per heavy atom. The molecule has 0 bridgehead atoms. The van der Waals surface area contributed by atoms with Gasteiger partial charge in [-0.2, -0.15) is 0 Å². The molecular weight excluding hydrogens is 216 g/mol. The molecule has 0 aromatic carbocycles. The van der Waals surface area contributed by atoms with Gasteiger partial charge in [0.1, 0.15) is 5.82 Å². The summed E-state index contributed by atoms with van der Waals surface area (Å²) in [4.78, 5) is 26.8. The first-order valence-corrected chi connectivity index (χ1v) is 5.09. The zero-order valence-corrected chi connectivity index (χ0v) is 8.79. The molecule has 0 aliphatic heterocycles. The predicted molar refractivity (Wildman–Crippen MR) is 63.4 cm³/mol. The minimum Gasteiger partial charge on any atom is -0.306 e. The number of nitrogens with one attached hydrogen (secondary N) is 1. The molecule has 17 heavy (non-hydrogen) atoms. The molecule has 0 aliphatic carbocycles. The first-order chi connectivity index (χ1) is 8.34. The van der Waals surface area contributed by atoms with Crippen LogP contribution < -0.4 is 5.56 Å². The van der Waals surface area contributed by atoms with Gasteiger partial charge in [-0.3, -0.25) is 14.8 Å². The van der Waals surface area contributed by atoms with Crippen LogP contribution in [0.2, 0.25) is 0 Å². The molecule has 0 fully saturated rings. The highest BCUT2D eigenvalue weighted by Gasteiger charge is 2.05. The number of hydrogen-bond donors (Lipinski definition) is 1. The quantitative estimate of drug-likeness (QED) is 0.677. The van der Waals surface area contributed by atoms with Crippen molar-refractivity contribution in [1.82, 2.24) is 19.9 Å². The highest BCUT2D eigenvalue weighted by molar-refractivity contribution is 5.78. The molecule has 0 saturated carbocycles. The van der Waals surface area contributed by atoms with Gasteiger partial charge < -0.3 is 4.98 Å². The minimum absolute atomic E-state index is 0.193. The van der Waals surface area contributed by atoms with Crippen LogP contribution in [-0.2, 0) is 0 Å². The van der Waals surface area contributed by atoms with Gasteiger partial charge in [0.05, 0.1) is 10.9 Å². The number of rotatable bonds is 1. The summed E-state index contributed by atoms with van der Waals surface area (Å²) in [5, 5.41) is 0.486. The number of pyridine rings is 2. The first-order valence-electron chi connectivity index (χ1n) is 5.09. The van der Waals surface area contributed by atoms with Gasteiger partial charge in [-0.1, -0.05) is 0 Å². The van der Waals surface area contributed by atoms with Crippen molar-refractivity contribution in [2.24, 2.45) is 0 Å². The number of hydrogen-bond acceptors (Lipinski definition) is 4. The molecule has 0 unspecified atom stereocenters. The molecule has 5 heteroatoms. The average molecular weight is 224 g/mol. The molecule has 0 radical (unpaired) electrons. The van der Waals surface area contributed by atoms with Gasteiger partial charge in [-0.05, 0) is 18.2 Å². The van der Waals surface area contributed by atoms with E-state index in [-0.39, 0.29) is 5.56 Å². The number of aromatic amines is 1. The van der Waals surface area contributed by atoms with Crippen LogP contribution in [0.5, 0.6) is 0 Å². The second-order valence-corrected chi connectivity index (χ2v) is 3.55. The molecule has 0 atom stereocenters. The minimum atomic E-state index is -0.193. The Bertz CT molecular complexity index is 721. The largest absolute Gasteiger partial charge is 0.306 e. The number of fused-ring (bicyclic) bond motifs is 1. The van der Waals surface area contributed by atoms with Crippen LogP contribution in [0.1, 0.15) is 0 Å². The van der Waals surface area contributed by atoms with Crippen molar-refractivity contribution in [2.75, 3.05) is 0 Å². The maximum Gasteiger partial charge on any atom is 0.260 e. The first kappa shape index (κ1) is 9.65. The predicted octanol–water partition coefficient (Wildman–Crippen LogP) is 1.38. The molecule has 3 rings (SSSR count). The average Bonchev–Trinajstić information content (AvgIpc) is 2.40. The lowest BCUT2D eigenvalue weighted by Gasteiger charge is -2.01. The van der Waals surface area contributed by atoms with E-state index in [2.05, 4.69) is 19.9 Å². The summed E-state index contributed by atoms with van der Waals surface area (Å²) in [7, 11) is 0. The summed E-state index contributed by atoms with van der Waals surface area (Å²) in [6, 6.07) is 5.36. The fourth-order valence-electron chi connectivity index (χ4n) is 1.62. The van der Waals surface area contributed by atoms with E-state index in [1.165, 1.54) is 6.20 Å². The smallest absolute Gasteiger partial charge is 0.260 e. The lowest BCUT2D eigenvalue weighted by molar-refractivity contribution is 1.16. The Hall–Kier alpha value is -2.56. The molecule has 0 spiro atoms. The van der Waals surface area contributed by atoms with Crippen LogP contribution >= 0.6 is 0 Å². The van der Waals surface area contributed by atoms with Crippen molar-refractivity contribution in [3.63, 3.8) is 0 Å². The van der Waals surface area contributed by atoms with Gasteiger partial charge in [-0.25, -0.2) is 4.98 Å². The lowest BCUT2D eigenvalue weighted by Crippen LogP contribution is -2.09. The summed E-state index contributed by atoms with van der Waals surface area (Å²) in [6.07, 6.45) is 6.45. The number of H-pyrrole nitrogens is 1. The van der Waals surface area contributed by atoms with Crippen LogP contribution in [0.15, 0.2) is 47.8 Å². The second-order valence-electron chi connectivity index (χ2n) is 3.55. The highest BCUT2D eigenvalue weighted by atomic mass is 16.1. The van der Waals surface area contributed by atoms with Gasteiger partial charge in [0, 0.05) is 30.4 Å². The van der Waals surface area contributed by atoms with Crippen molar-refractivity contribution in [3.05, 3.63) is 53.3 Å². The van der Waals surface area contributed by atoms with Crippen molar-refractivity contribution in [2.45, 2.75) is 0 Å². The summed E-state index contributed by atoms with van der Waals surface area (Å²) < 4.78 is 0. The third kappa shape index (κ3) is 1.67. The van der Waals surface area contributed by atoms with Crippen molar-refractivity contribution >= 4 is 10.9 Å². The third-order valence-corrected chi connectivity index (χ3v) is 2.44. The maximum atomic E-state index is 11.8. The fourth-order valence-corrected chi connectivity index (χ4v) is 1.62. The second kappa shape index (κ2) is 3.79. The van der Waals surface area contributed by atoms with Gasteiger partial charge in [0.15, 0.2) is 0 Å². The van der Waals surface area contributed by atoms with E-state index in [9.17, 15) is 4.79 Å². The zero-order valence-electron chi connectivity index (χ0n) is 8.79. The molecule has 0 aliphatic rings. The Morgan fingerprint density at radius 1 is 1.06 bits per heavy atom. The van der Waals surface area contributed by atoms with E-state index in [1.807, 2.05) is 6.07 Å². The third-order valence-electron chi connectivity index (χ3n) is 2.44. The monoisotopic (exact) mass is 224 g/mol. The molecular formula is C12H8N4O. The molecule has 5 nitrogen and oxygen atoms in total. The number of nitrogens with zero attached hydrogens (tertiary/aromatic N) is 3. The van der Waals surface area contributed by atoms with Crippen molar-refractivity contribution in [3.8, 4) is 11.4 Å². The molecule has 3 aromatic heterocycles. The van der Waals surface area contributed by atoms with E-state index < -0.39 is 0 Å². The summed E-state index contributed by atoms with van der Waals surface area (Å²) in [5.74, 6) is 0.516. The van der Waals surface area contributed by atoms with Crippen LogP contribution in [-0.4, -0.2) is 19.9 Å². The molecule has 82 valence electrons. The topological polar surface area (TPSA) is 71.5 Å². The highest BCUT2D eigenvalue weighted by Crippen LogP contribution is 2.13. The Kier molecular flexibility index (Phi) is 2.15. The van der Waals surface area contributed by atoms with Gasteiger partial charge in [0.25, 0.3) is 5.56 Å². The van der Waals surface area contributed by atoms with Crippen molar-refractivity contribution in [1.29, 1.82) is 0 Å². The number of aromatic nitrogens is 4. The van der Waals surface area contributed by atoms with Gasteiger partial charge in [-0.15, -0.1) is 0 Å². The van der Waals surface area contributed by atoms with Crippen LogP contribution in [0.3, 0.4) is 0 Å². The van der Waals surface area contributed by atoms with E-state index >= 15 is 0 Å². The Morgan fingerprint density at radius 3 is 2.76 bits per heavy atom. The van der Waals surface area contributed by atoms with E-state index in [1.54, 1.807) is 30.7 Å². The zero-order chi connectivity index (χ0) is 11.7. The van der Waals surface area contributed by atoms with Crippen molar-refractivity contribution < 1.29 is 0 Å². The Labute approximate surface area is 96.2 Å². The molecule has 3 heterocycles. The SMILES string of the molecule is O=c1[nH]c(-c2cccnc2)nc2ccncc12.